The molecule has 0 saturated heterocycles. The van der Waals surface area contributed by atoms with Crippen LogP contribution in [0.1, 0.15) is 12.0 Å². The molecular formula is C58H40N2O. The van der Waals surface area contributed by atoms with Crippen LogP contribution in [0, 0.1) is 0 Å². The average Bonchev–Trinajstić information content (AvgIpc) is 3.88. The Labute approximate surface area is 354 Å². The van der Waals surface area contributed by atoms with Gasteiger partial charge in [-0.3, -0.25) is 0 Å². The molecule has 11 aromatic rings. The fourth-order valence-corrected chi connectivity index (χ4v) is 9.52. The lowest BCUT2D eigenvalue weighted by Crippen LogP contribution is -2.30. The minimum absolute atomic E-state index is 0.0875. The third-order valence-corrected chi connectivity index (χ3v) is 12.5. The van der Waals surface area contributed by atoms with Crippen LogP contribution in [0.5, 0.6) is 0 Å². The minimum atomic E-state index is 0.0875. The van der Waals surface area contributed by atoms with E-state index >= 15 is 0 Å². The lowest BCUT2D eigenvalue weighted by atomic mass is 9.93. The average molecular weight is 781 g/mol. The zero-order valence-corrected chi connectivity index (χ0v) is 33.4. The quantitative estimate of drug-likeness (QED) is 0.161. The van der Waals surface area contributed by atoms with Crippen LogP contribution in [0.25, 0.3) is 88.0 Å². The van der Waals surface area contributed by atoms with E-state index in [2.05, 4.69) is 234 Å². The lowest BCUT2D eigenvalue weighted by molar-refractivity contribution is 0.667. The van der Waals surface area contributed by atoms with E-state index in [0.717, 1.165) is 56.6 Å². The van der Waals surface area contributed by atoms with Gasteiger partial charge >= 0.3 is 0 Å². The second kappa shape index (κ2) is 14.4. The number of nitrogens with zero attached hydrogens (tertiary/aromatic N) is 2. The first-order valence-electron chi connectivity index (χ1n) is 21.1. The summed E-state index contributed by atoms with van der Waals surface area (Å²) in [6.07, 6.45) is 7.90. The topological polar surface area (TPSA) is 21.3 Å². The number of allylic oxidation sites excluding steroid dienone is 2. The second-order valence-electron chi connectivity index (χ2n) is 16.1. The Bertz CT molecular complexity index is 3440. The van der Waals surface area contributed by atoms with Gasteiger partial charge in [-0.25, -0.2) is 0 Å². The molecule has 1 aliphatic rings. The summed E-state index contributed by atoms with van der Waals surface area (Å²) in [5, 5.41) is 7.24. The molecule has 3 heteroatoms. The number of hydrogen-bond donors (Lipinski definition) is 0. The molecule has 0 saturated carbocycles. The van der Waals surface area contributed by atoms with Gasteiger partial charge in [0.1, 0.15) is 11.2 Å². The van der Waals surface area contributed by atoms with Crippen molar-refractivity contribution in [1.82, 2.24) is 4.57 Å². The summed E-state index contributed by atoms with van der Waals surface area (Å²) in [6.45, 7) is 0. The van der Waals surface area contributed by atoms with Gasteiger partial charge in [-0.2, -0.15) is 0 Å². The highest BCUT2D eigenvalue weighted by atomic mass is 16.3. The van der Waals surface area contributed by atoms with E-state index in [4.69, 9.17) is 4.42 Å². The van der Waals surface area contributed by atoms with E-state index in [9.17, 15) is 0 Å². The molecule has 0 radical (unpaired) electrons. The molecule has 61 heavy (non-hydrogen) atoms. The summed E-state index contributed by atoms with van der Waals surface area (Å²) < 4.78 is 9.13. The molecule has 1 unspecified atom stereocenters. The maximum absolute atomic E-state index is 6.72. The number of rotatable bonds is 7. The molecule has 12 rings (SSSR count). The molecule has 0 amide bonds. The van der Waals surface area contributed by atoms with Crippen LogP contribution in [-0.4, -0.2) is 10.6 Å². The van der Waals surface area contributed by atoms with Crippen LogP contribution in [0.3, 0.4) is 0 Å². The van der Waals surface area contributed by atoms with Crippen molar-refractivity contribution in [1.29, 1.82) is 0 Å². The van der Waals surface area contributed by atoms with Crippen LogP contribution in [0.4, 0.5) is 11.4 Å². The highest BCUT2D eigenvalue weighted by molar-refractivity contribution is 6.12. The number of hydrogen-bond acceptors (Lipinski definition) is 2. The van der Waals surface area contributed by atoms with Gasteiger partial charge in [-0.05, 0) is 106 Å². The van der Waals surface area contributed by atoms with Crippen LogP contribution in [-0.2, 0) is 0 Å². The number of para-hydroxylation sites is 3. The zero-order chi connectivity index (χ0) is 40.3. The van der Waals surface area contributed by atoms with Gasteiger partial charge in [0.15, 0.2) is 0 Å². The molecule has 0 aliphatic heterocycles. The highest BCUT2D eigenvalue weighted by Crippen LogP contribution is 2.42. The van der Waals surface area contributed by atoms with Crippen LogP contribution < -0.4 is 4.90 Å². The maximum atomic E-state index is 6.72. The van der Waals surface area contributed by atoms with Gasteiger partial charge in [0.25, 0.3) is 0 Å². The third-order valence-electron chi connectivity index (χ3n) is 12.5. The van der Waals surface area contributed by atoms with E-state index in [-0.39, 0.29) is 6.04 Å². The van der Waals surface area contributed by atoms with Crippen molar-refractivity contribution in [2.24, 2.45) is 0 Å². The monoisotopic (exact) mass is 780 g/mol. The number of furan rings is 1. The molecule has 1 atom stereocenters. The summed E-state index contributed by atoms with van der Waals surface area (Å²) >= 11 is 0. The van der Waals surface area contributed by atoms with Crippen molar-refractivity contribution in [3.63, 3.8) is 0 Å². The summed E-state index contributed by atoms with van der Waals surface area (Å²) in [5.74, 6) is 0. The van der Waals surface area contributed by atoms with Gasteiger partial charge in [-0.1, -0.05) is 164 Å². The first-order chi connectivity index (χ1) is 30.2. The molecular weight excluding hydrogens is 741 g/mol. The molecule has 0 spiro atoms. The van der Waals surface area contributed by atoms with Gasteiger partial charge in [0.2, 0.25) is 0 Å². The highest BCUT2D eigenvalue weighted by Gasteiger charge is 2.24. The Balaban J connectivity index is 0.951. The van der Waals surface area contributed by atoms with E-state index < -0.39 is 0 Å². The Kier molecular flexibility index (Phi) is 8.31. The van der Waals surface area contributed by atoms with Crippen molar-refractivity contribution >= 4 is 71.5 Å². The molecule has 9 aromatic carbocycles. The second-order valence-corrected chi connectivity index (χ2v) is 16.1. The Morgan fingerprint density at radius 2 is 1.03 bits per heavy atom. The van der Waals surface area contributed by atoms with Gasteiger partial charge in [0.05, 0.1) is 17.1 Å². The number of aromatic nitrogens is 1. The molecule has 0 N–H and O–H groups in total. The minimum Gasteiger partial charge on any atom is -0.455 e. The smallest absolute Gasteiger partial charge is 0.143 e. The van der Waals surface area contributed by atoms with Crippen molar-refractivity contribution < 1.29 is 4.42 Å². The molecule has 2 aromatic heterocycles. The Morgan fingerprint density at radius 1 is 0.459 bits per heavy atom. The van der Waals surface area contributed by atoms with Gasteiger partial charge in [0, 0.05) is 44.2 Å². The van der Waals surface area contributed by atoms with E-state index in [0.29, 0.717) is 0 Å². The molecule has 3 nitrogen and oxygen atoms in total. The van der Waals surface area contributed by atoms with Crippen molar-refractivity contribution in [2.45, 2.75) is 12.5 Å². The first kappa shape index (κ1) is 35.1. The van der Waals surface area contributed by atoms with Gasteiger partial charge in [-0.15, -0.1) is 0 Å². The Hall–Kier alpha value is -7.88. The number of anilines is 2. The van der Waals surface area contributed by atoms with E-state index in [1.807, 2.05) is 0 Å². The lowest BCUT2D eigenvalue weighted by Gasteiger charge is -2.33. The largest absolute Gasteiger partial charge is 0.455 e. The first-order valence-corrected chi connectivity index (χ1v) is 21.1. The Morgan fingerprint density at radius 3 is 1.72 bits per heavy atom. The fraction of sp³-hybridized carbons (Fsp3) is 0.0345. The fourth-order valence-electron chi connectivity index (χ4n) is 9.52. The molecule has 1 aliphatic carbocycles. The maximum Gasteiger partial charge on any atom is 0.143 e. The zero-order valence-electron chi connectivity index (χ0n) is 33.4. The summed E-state index contributed by atoms with van der Waals surface area (Å²) in [5.41, 5.74) is 14.7. The molecule has 288 valence electrons. The summed E-state index contributed by atoms with van der Waals surface area (Å²) in [6, 6.07) is 74.5. The standard InChI is InChI=1S/C58H40N2O/c1-2-12-39(13-3-1)41-24-30-46(31-25-41)59(47-32-26-42(27-33-47)45-23-22-40-14-4-5-15-44(40)36-45)48-34-28-43(29-35-48)53-37-49(38-54-52-18-8-11-21-57(52)61-58(53)54)60-55-19-9-6-16-50(55)51-17-7-10-20-56(51)60/h1-34,36-38,48H,35H2. The normalized spacial score (nSPS) is 14.0. The van der Waals surface area contributed by atoms with Gasteiger partial charge < -0.3 is 13.9 Å². The molecule has 2 heterocycles. The number of fused-ring (bicyclic) bond motifs is 7. The van der Waals surface area contributed by atoms with Crippen LogP contribution in [0.15, 0.2) is 229 Å². The molecule has 0 bridgehead atoms. The predicted octanol–water partition coefficient (Wildman–Crippen LogP) is 15.7. The third kappa shape index (κ3) is 6.05. The SMILES string of the molecule is C1=CC(N(c2ccc(-c3ccccc3)cc2)c2ccc(-c3ccc4ccccc4c3)cc2)CC=C1c1cc(-n2c3ccccc3c3ccccc32)cc2c1oc1ccccc12. The van der Waals surface area contributed by atoms with Crippen molar-refractivity contribution in [2.75, 3.05) is 4.90 Å². The van der Waals surface area contributed by atoms with E-state index in [1.54, 1.807) is 0 Å². The summed E-state index contributed by atoms with van der Waals surface area (Å²) in [4.78, 5) is 2.48. The number of benzene rings is 9. The predicted molar refractivity (Wildman–Crippen MR) is 257 cm³/mol. The van der Waals surface area contributed by atoms with Crippen molar-refractivity contribution in [3.05, 3.63) is 230 Å². The molecule has 0 fully saturated rings. The van der Waals surface area contributed by atoms with Crippen molar-refractivity contribution in [3.8, 4) is 27.9 Å². The van der Waals surface area contributed by atoms with E-state index in [1.165, 1.54) is 54.8 Å². The van der Waals surface area contributed by atoms with Crippen LogP contribution in [0.2, 0.25) is 0 Å². The van der Waals surface area contributed by atoms with Crippen LogP contribution >= 0.6 is 0 Å². The summed E-state index contributed by atoms with van der Waals surface area (Å²) in [7, 11) is 0.